The topological polar surface area (TPSA) is 41.1 Å². The number of anilines is 1. The highest BCUT2D eigenvalue weighted by molar-refractivity contribution is 14.1. The zero-order valence-corrected chi connectivity index (χ0v) is 13.0. The summed E-state index contributed by atoms with van der Waals surface area (Å²) in [6, 6.07) is 5.51. The van der Waals surface area contributed by atoms with Gasteiger partial charge in [-0.25, -0.2) is 0 Å². The summed E-state index contributed by atoms with van der Waals surface area (Å²) >= 11 is 8.28. The maximum absolute atomic E-state index is 11.7. The summed E-state index contributed by atoms with van der Waals surface area (Å²) in [5.74, 6) is -0.0328. The van der Waals surface area contributed by atoms with Crippen molar-refractivity contribution >= 4 is 45.8 Å². The Morgan fingerprint density at radius 3 is 2.53 bits per heavy atom. The van der Waals surface area contributed by atoms with E-state index in [9.17, 15) is 4.79 Å². The first-order valence-corrected chi connectivity index (χ1v) is 6.87. The molecule has 0 radical (unpaired) electrons. The molecule has 1 aromatic carbocycles. The largest absolute Gasteiger partial charge is 0.373 e. The van der Waals surface area contributed by atoms with Crippen LogP contribution in [0.5, 0.6) is 0 Å². The first-order chi connectivity index (χ1) is 7.90. The van der Waals surface area contributed by atoms with E-state index in [1.165, 1.54) is 0 Å². The molecule has 0 bridgehead atoms. The molecule has 0 fully saturated rings. The maximum Gasteiger partial charge on any atom is 0.242 e. The van der Waals surface area contributed by atoms with Crippen LogP contribution in [-0.4, -0.2) is 18.0 Å². The van der Waals surface area contributed by atoms with E-state index in [0.717, 1.165) is 9.26 Å². The molecule has 0 aliphatic carbocycles. The number of rotatable bonds is 4. The fraction of sp³-hybridized carbons (Fsp3) is 0.417. The van der Waals surface area contributed by atoms with Crippen LogP contribution in [0.4, 0.5) is 5.69 Å². The molecule has 1 amide bonds. The molecular formula is C12H16ClIN2O. The molecule has 0 saturated heterocycles. The van der Waals surface area contributed by atoms with Crippen molar-refractivity contribution in [3.8, 4) is 0 Å². The molecule has 0 aromatic heterocycles. The van der Waals surface area contributed by atoms with E-state index in [0.29, 0.717) is 5.02 Å². The minimum atomic E-state index is -0.310. The molecule has 1 unspecified atom stereocenters. The molecule has 1 aromatic rings. The summed E-state index contributed by atoms with van der Waals surface area (Å²) in [4.78, 5) is 11.7. The van der Waals surface area contributed by atoms with Crippen LogP contribution in [0.2, 0.25) is 5.02 Å². The van der Waals surface area contributed by atoms with Gasteiger partial charge < -0.3 is 10.6 Å². The third-order valence-corrected chi connectivity index (χ3v) is 3.11. The first kappa shape index (κ1) is 14.6. The van der Waals surface area contributed by atoms with Crippen molar-refractivity contribution in [3.63, 3.8) is 0 Å². The SMILES string of the molecule is CC(C)NC(=O)C(C)Nc1ccc(I)cc1Cl. The highest BCUT2D eigenvalue weighted by atomic mass is 127. The van der Waals surface area contributed by atoms with Crippen LogP contribution in [0.25, 0.3) is 0 Å². The van der Waals surface area contributed by atoms with Crippen LogP contribution in [0.1, 0.15) is 20.8 Å². The summed E-state index contributed by atoms with van der Waals surface area (Å²) in [6.45, 7) is 5.68. The normalized spacial score (nSPS) is 12.4. The Balaban J connectivity index is 2.67. The molecule has 0 aliphatic heterocycles. The third-order valence-electron chi connectivity index (χ3n) is 2.13. The summed E-state index contributed by atoms with van der Waals surface area (Å²) in [6.07, 6.45) is 0. The van der Waals surface area contributed by atoms with Crippen molar-refractivity contribution < 1.29 is 4.79 Å². The predicted octanol–water partition coefficient (Wildman–Crippen LogP) is 3.27. The van der Waals surface area contributed by atoms with Gasteiger partial charge in [0.25, 0.3) is 0 Å². The Hall–Kier alpha value is -0.490. The Morgan fingerprint density at radius 2 is 2.00 bits per heavy atom. The molecule has 2 N–H and O–H groups in total. The van der Waals surface area contributed by atoms with Gasteiger partial charge in [0, 0.05) is 9.61 Å². The lowest BCUT2D eigenvalue weighted by molar-refractivity contribution is -0.122. The summed E-state index contributed by atoms with van der Waals surface area (Å²) < 4.78 is 1.07. The third kappa shape index (κ3) is 4.71. The number of nitrogens with one attached hydrogen (secondary N) is 2. The zero-order chi connectivity index (χ0) is 13.0. The lowest BCUT2D eigenvalue weighted by Crippen LogP contribution is -2.41. The highest BCUT2D eigenvalue weighted by Crippen LogP contribution is 2.24. The van der Waals surface area contributed by atoms with Crippen LogP contribution >= 0.6 is 34.2 Å². The molecule has 0 heterocycles. The minimum Gasteiger partial charge on any atom is -0.373 e. The fourth-order valence-corrected chi connectivity index (χ4v) is 2.23. The summed E-state index contributed by atoms with van der Waals surface area (Å²) in [5, 5.41) is 6.57. The van der Waals surface area contributed by atoms with Crippen LogP contribution in [0.3, 0.4) is 0 Å². The lowest BCUT2D eigenvalue weighted by atomic mass is 10.2. The predicted molar refractivity (Wildman–Crippen MR) is 80.5 cm³/mol. The molecule has 0 saturated carbocycles. The lowest BCUT2D eigenvalue weighted by Gasteiger charge is -2.17. The van der Waals surface area contributed by atoms with Crippen molar-refractivity contribution in [3.05, 3.63) is 26.8 Å². The Labute approximate surface area is 120 Å². The highest BCUT2D eigenvalue weighted by Gasteiger charge is 2.14. The zero-order valence-electron chi connectivity index (χ0n) is 10.1. The average Bonchev–Trinajstić information content (AvgIpc) is 2.21. The molecule has 94 valence electrons. The van der Waals surface area contributed by atoms with E-state index in [1.54, 1.807) is 0 Å². The van der Waals surface area contributed by atoms with Gasteiger partial charge in [0.05, 0.1) is 10.7 Å². The second kappa shape index (κ2) is 6.44. The summed E-state index contributed by atoms with van der Waals surface area (Å²) in [5.41, 5.74) is 0.776. The van der Waals surface area contributed by atoms with E-state index in [2.05, 4.69) is 33.2 Å². The molecule has 3 nitrogen and oxygen atoms in total. The maximum atomic E-state index is 11.7. The van der Waals surface area contributed by atoms with Gasteiger partial charge >= 0.3 is 0 Å². The Morgan fingerprint density at radius 1 is 1.35 bits per heavy atom. The van der Waals surface area contributed by atoms with Crippen molar-refractivity contribution in [2.75, 3.05) is 5.32 Å². The average molecular weight is 367 g/mol. The number of benzene rings is 1. The van der Waals surface area contributed by atoms with Crippen molar-refractivity contribution in [2.24, 2.45) is 0 Å². The van der Waals surface area contributed by atoms with Crippen molar-refractivity contribution in [2.45, 2.75) is 32.9 Å². The van der Waals surface area contributed by atoms with E-state index in [1.807, 2.05) is 39.0 Å². The molecule has 0 aliphatic rings. The molecule has 5 heteroatoms. The molecule has 0 spiro atoms. The number of hydrogen-bond donors (Lipinski definition) is 2. The van der Waals surface area contributed by atoms with Gasteiger partial charge in [-0.2, -0.15) is 0 Å². The van der Waals surface area contributed by atoms with Gasteiger partial charge in [-0.05, 0) is 61.6 Å². The van der Waals surface area contributed by atoms with Gasteiger partial charge in [-0.3, -0.25) is 4.79 Å². The Bertz CT molecular complexity index is 409. The van der Waals surface area contributed by atoms with Crippen LogP contribution in [0.15, 0.2) is 18.2 Å². The number of amides is 1. The van der Waals surface area contributed by atoms with Crippen molar-refractivity contribution in [1.29, 1.82) is 0 Å². The molecule has 1 atom stereocenters. The molecular weight excluding hydrogens is 351 g/mol. The van der Waals surface area contributed by atoms with Gasteiger partial charge in [-0.1, -0.05) is 11.6 Å². The van der Waals surface area contributed by atoms with Crippen LogP contribution < -0.4 is 10.6 Å². The minimum absolute atomic E-state index is 0.0328. The Kier molecular flexibility index (Phi) is 5.52. The van der Waals surface area contributed by atoms with Crippen LogP contribution in [0, 0.1) is 3.57 Å². The van der Waals surface area contributed by atoms with E-state index in [4.69, 9.17) is 11.6 Å². The van der Waals surface area contributed by atoms with Crippen molar-refractivity contribution in [1.82, 2.24) is 5.32 Å². The summed E-state index contributed by atoms with van der Waals surface area (Å²) in [7, 11) is 0. The van der Waals surface area contributed by atoms with E-state index in [-0.39, 0.29) is 18.0 Å². The first-order valence-electron chi connectivity index (χ1n) is 5.42. The fourth-order valence-electron chi connectivity index (χ4n) is 1.31. The van der Waals surface area contributed by atoms with E-state index >= 15 is 0 Å². The number of carbonyl (C=O) groups excluding carboxylic acids is 1. The molecule has 1 rings (SSSR count). The number of hydrogen-bond acceptors (Lipinski definition) is 2. The monoisotopic (exact) mass is 366 g/mol. The smallest absolute Gasteiger partial charge is 0.242 e. The van der Waals surface area contributed by atoms with E-state index < -0.39 is 0 Å². The van der Waals surface area contributed by atoms with Gasteiger partial charge in [0.15, 0.2) is 0 Å². The number of halogens is 2. The standard InChI is InChI=1S/C12H16ClIN2O/c1-7(2)15-12(17)8(3)16-11-5-4-9(14)6-10(11)13/h4-8,16H,1-3H3,(H,15,17). The molecule has 17 heavy (non-hydrogen) atoms. The quantitative estimate of drug-likeness (QED) is 0.803. The van der Waals surface area contributed by atoms with Crippen LogP contribution in [-0.2, 0) is 4.79 Å². The second-order valence-electron chi connectivity index (χ2n) is 4.15. The number of carbonyl (C=O) groups is 1. The van der Waals surface area contributed by atoms with Gasteiger partial charge in [-0.15, -0.1) is 0 Å². The van der Waals surface area contributed by atoms with Gasteiger partial charge in [0.1, 0.15) is 6.04 Å². The second-order valence-corrected chi connectivity index (χ2v) is 5.81. The van der Waals surface area contributed by atoms with Gasteiger partial charge in [0.2, 0.25) is 5.91 Å².